The van der Waals surface area contributed by atoms with E-state index in [2.05, 4.69) is 25.1 Å². The number of aromatic amines is 2. The topological polar surface area (TPSA) is 142 Å². The lowest BCUT2D eigenvalue weighted by Gasteiger charge is -2.27. The number of fused-ring (bicyclic) bond motifs is 2. The van der Waals surface area contributed by atoms with E-state index in [1.54, 1.807) is 16.0 Å². The summed E-state index contributed by atoms with van der Waals surface area (Å²) in [6, 6.07) is 13.8. The minimum absolute atomic E-state index is 0.151. The third-order valence-corrected chi connectivity index (χ3v) is 8.68. The number of nitrogens with zero attached hydrogens (tertiary/aromatic N) is 6. The van der Waals surface area contributed by atoms with Gasteiger partial charge in [0, 0.05) is 29.6 Å². The van der Waals surface area contributed by atoms with Gasteiger partial charge in [0.25, 0.3) is 0 Å². The molecular weight excluding hydrogens is 608 g/mol. The molecule has 0 saturated carbocycles. The number of hydrogen-bond donors (Lipinski definition) is 2. The fourth-order valence-electron chi connectivity index (χ4n) is 6.52. The van der Waals surface area contributed by atoms with E-state index < -0.39 is 11.2 Å². The number of likely N-dealkylation sites (tertiary alicyclic amines) is 2. The highest BCUT2D eigenvalue weighted by Gasteiger charge is 2.36. The zero-order valence-electron chi connectivity index (χ0n) is 28.3. The van der Waals surface area contributed by atoms with E-state index in [0.29, 0.717) is 13.1 Å². The summed E-state index contributed by atoms with van der Waals surface area (Å²) in [5, 5.41) is 10.1. The van der Waals surface area contributed by atoms with Gasteiger partial charge in [0.2, 0.25) is 0 Å². The van der Waals surface area contributed by atoms with Crippen molar-refractivity contribution in [3.63, 3.8) is 0 Å². The molecule has 2 atom stereocenters. The highest BCUT2D eigenvalue weighted by Crippen LogP contribution is 2.35. The number of amides is 2. The van der Waals surface area contributed by atoms with Gasteiger partial charge in [-0.15, -0.1) is 10.2 Å². The van der Waals surface area contributed by atoms with Crippen molar-refractivity contribution in [2.24, 2.45) is 0 Å². The number of carbonyl (C=O) groups excluding carboxylic acids is 2. The van der Waals surface area contributed by atoms with Gasteiger partial charge in [-0.1, -0.05) is 18.2 Å². The molecule has 2 amide bonds. The van der Waals surface area contributed by atoms with Crippen LogP contribution in [0.15, 0.2) is 48.7 Å². The van der Waals surface area contributed by atoms with Crippen molar-refractivity contribution in [2.45, 2.75) is 90.5 Å². The van der Waals surface area contributed by atoms with Crippen LogP contribution in [0.1, 0.15) is 91.0 Å². The van der Waals surface area contributed by atoms with Crippen LogP contribution >= 0.6 is 0 Å². The number of aromatic nitrogens is 6. The van der Waals surface area contributed by atoms with Crippen molar-refractivity contribution >= 4 is 34.1 Å². The second-order valence-corrected chi connectivity index (χ2v) is 14.7. The van der Waals surface area contributed by atoms with Crippen molar-refractivity contribution in [2.75, 3.05) is 13.1 Å². The molecule has 0 aliphatic carbocycles. The van der Waals surface area contributed by atoms with Crippen LogP contribution in [0.4, 0.5) is 9.59 Å². The van der Waals surface area contributed by atoms with Crippen molar-refractivity contribution in [1.82, 2.24) is 39.9 Å². The van der Waals surface area contributed by atoms with Gasteiger partial charge in [-0.05, 0) is 91.5 Å². The molecule has 2 aliphatic rings. The first kappa shape index (κ1) is 31.6. The lowest BCUT2D eigenvalue weighted by atomic mass is 10.1. The van der Waals surface area contributed by atoms with Crippen LogP contribution in [0.25, 0.3) is 44.5 Å². The minimum Gasteiger partial charge on any atom is -0.444 e. The van der Waals surface area contributed by atoms with Gasteiger partial charge < -0.3 is 19.4 Å². The van der Waals surface area contributed by atoms with Crippen LogP contribution in [0.2, 0.25) is 0 Å². The lowest BCUT2D eigenvalue weighted by Crippen LogP contribution is -2.36. The summed E-state index contributed by atoms with van der Waals surface area (Å²) in [6.07, 6.45) is 4.63. The first-order valence-corrected chi connectivity index (χ1v) is 16.6. The zero-order chi connectivity index (χ0) is 33.8. The van der Waals surface area contributed by atoms with Crippen LogP contribution in [0, 0.1) is 0 Å². The Kier molecular flexibility index (Phi) is 7.84. The molecule has 5 aromatic rings. The summed E-state index contributed by atoms with van der Waals surface area (Å²) in [4.78, 5) is 45.6. The van der Waals surface area contributed by atoms with E-state index >= 15 is 0 Å². The summed E-state index contributed by atoms with van der Waals surface area (Å²) >= 11 is 0. The molecule has 3 aromatic heterocycles. The summed E-state index contributed by atoms with van der Waals surface area (Å²) in [5.74, 6) is 1.51. The summed E-state index contributed by atoms with van der Waals surface area (Å²) in [5.41, 5.74) is 4.80. The second-order valence-electron chi connectivity index (χ2n) is 14.7. The monoisotopic (exact) mass is 650 g/mol. The first-order valence-electron chi connectivity index (χ1n) is 16.6. The van der Waals surface area contributed by atoms with E-state index in [4.69, 9.17) is 14.5 Å². The number of H-pyrrole nitrogens is 2. The van der Waals surface area contributed by atoms with E-state index in [1.165, 1.54) is 0 Å². The van der Waals surface area contributed by atoms with Crippen molar-refractivity contribution < 1.29 is 19.1 Å². The third kappa shape index (κ3) is 6.43. The highest BCUT2D eigenvalue weighted by atomic mass is 16.6. The fourth-order valence-corrected chi connectivity index (χ4v) is 6.52. The molecule has 250 valence electrons. The quantitative estimate of drug-likeness (QED) is 0.201. The number of benzene rings is 2. The average Bonchev–Trinajstić information content (AvgIpc) is 3.84. The number of ether oxygens (including phenoxy) is 2. The normalized spacial score (nSPS) is 18.6. The smallest absolute Gasteiger partial charge is 0.410 e. The van der Waals surface area contributed by atoms with E-state index in [0.717, 1.165) is 81.8 Å². The van der Waals surface area contributed by atoms with E-state index in [1.807, 2.05) is 84.0 Å². The largest absolute Gasteiger partial charge is 0.444 e. The molecule has 2 saturated heterocycles. The molecule has 12 nitrogen and oxygen atoms in total. The molecule has 0 spiro atoms. The predicted octanol–water partition coefficient (Wildman–Crippen LogP) is 7.71. The first-order chi connectivity index (χ1) is 22.8. The van der Waals surface area contributed by atoms with Crippen LogP contribution in [0.3, 0.4) is 0 Å². The van der Waals surface area contributed by atoms with Crippen LogP contribution in [-0.4, -0.2) is 76.4 Å². The van der Waals surface area contributed by atoms with Crippen molar-refractivity contribution in [3.05, 3.63) is 60.3 Å². The third-order valence-electron chi connectivity index (χ3n) is 8.68. The van der Waals surface area contributed by atoms with Gasteiger partial charge in [-0.3, -0.25) is 9.80 Å². The molecule has 5 heterocycles. The molecule has 12 heteroatoms. The Hall–Kier alpha value is -5.00. The molecule has 48 heavy (non-hydrogen) atoms. The van der Waals surface area contributed by atoms with Gasteiger partial charge in [0.15, 0.2) is 0 Å². The molecular formula is C36H42N8O4. The summed E-state index contributed by atoms with van der Waals surface area (Å²) < 4.78 is 11.3. The van der Waals surface area contributed by atoms with Crippen LogP contribution in [-0.2, 0) is 9.47 Å². The van der Waals surface area contributed by atoms with E-state index in [9.17, 15) is 9.59 Å². The van der Waals surface area contributed by atoms with Crippen LogP contribution < -0.4 is 0 Å². The van der Waals surface area contributed by atoms with Gasteiger partial charge >= 0.3 is 12.2 Å². The molecule has 2 aromatic carbocycles. The molecule has 0 bridgehead atoms. The fraction of sp³-hybridized carbons (Fsp3) is 0.444. The minimum atomic E-state index is -0.555. The molecule has 0 radical (unpaired) electrons. The molecule has 7 rings (SSSR count). The Bertz CT molecular complexity index is 2000. The summed E-state index contributed by atoms with van der Waals surface area (Å²) in [7, 11) is 0. The Morgan fingerprint density at radius 3 is 2.06 bits per heavy atom. The number of nitrogens with one attached hydrogen (secondary N) is 2. The molecule has 2 N–H and O–H groups in total. The average molecular weight is 651 g/mol. The highest BCUT2D eigenvalue weighted by molar-refractivity contribution is 5.87. The lowest BCUT2D eigenvalue weighted by molar-refractivity contribution is 0.0208. The Labute approximate surface area is 279 Å². The van der Waals surface area contributed by atoms with Gasteiger partial charge in [-0.2, -0.15) is 0 Å². The number of rotatable bonds is 4. The van der Waals surface area contributed by atoms with Gasteiger partial charge in [-0.25, -0.2) is 19.6 Å². The number of imidazole rings is 2. The van der Waals surface area contributed by atoms with Crippen molar-refractivity contribution in [3.8, 4) is 22.5 Å². The van der Waals surface area contributed by atoms with Crippen molar-refractivity contribution in [1.29, 1.82) is 0 Å². The van der Waals surface area contributed by atoms with Crippen LogP contribution in [0.5, 0.6) is 0 Å². The van der Waals surface area contributed by atoms with Gasteiger partial charge in [0.05, 0.1) is 46.2 Å². The maximum atomic E-state index is 12.9. The standard InChI is InChI=1S/C36H42N8O4/c1-35(2,3)47-33(45)43-15-7-9-29(43)31-37-20-28(40-31)23-12-11-21-17-25(41-42-26(21)18-23)22-13-14-24-27(19-22)39-32(38-24)30-10-8-16-44(30)34(46)48-36(4,5)6/h11-14,17-20,29-30H,7-10,15-16H2,1-6H3,(H,37,40)(H,38,39)/t29-,30-/m0/s1. The summed E-state index contributed by atoms with van der Waals surface area (Å²) in [6.45, 7) is 12.5. The Morgan fingerprint density at radius 1 is 0.750 bits per heavy atom. The Balaban J connectivity index is 1.09. The Morgan fingerprint density at radius 2 is 1.40 bits per heavy atom. The molecule has 2 aliphatic heterocycles. The SMILES string of the molecule is CC(C)(C)OC(=O)N1CCC[C@H]1c1ncc(-c2ccc3cc(-c4ccc5nc([C@@H]6CCCN6C(=O)OC(C)(C)C)[nH]c5c4)nnc3c2)[nH]1. The van der Waals surface area contributed by atoms with E-state index in [-0.39, 0.29) is 24.3 Å². The molecule has 0 unspecified atom stereocenters. The second kappa shape index (κ2) is 11.9. The number of carbonyl (C=O) groups is 2. The van der Waals surface area contributed by atoms with Gasteiger partial charge in [0.1, 0.15) is 22.9 Å². The molecule has 2 fully saturated rings. The predicted molar refractivity (Wildman–Crippen MR) is 182 cm³/mol. The number of hydrogen-bond acceptors (Lipinski definition) is 8. The maximum Gasteiger partial charge on any atom is 0.410 e. The zero-order valence-corrected chi connectivity index (χ0v) is 28.3. The maximum absolute atomic E-state index is 12.9.